The molecule has 0 radical (unpaired) electrons. The van der Waals surface area contributed by atoms with Crippen LogP contribution in [0.25, 0.3) is 32.7 Å². The van der Waals surface area contributed by atoms with Crippen LogP contribution in [0.2, 0.25) is 0 Å². The van der Waals surface area contributed by atoms with Crippen molar-refractivity contribution in [2.24, 2.45) is 0 Å². The number of methoxy groups -OCH3 is 1. The molecule has 3 heteroatoms. The van der Waals surface area contributed by atoms with Gasteiger partial charge in [0.05, 0.1) is 7.11 Å². The standard InChI is InChI=1S/C24H19NO2/c1-27-24(26)23-20-13-12-16-7-3-5-9-19(16)22(20)21-17(14-25-23)11-10-15-6-2-4-8-18(15)21/h2-13,23,25H,14H2,1H3/t23-/m1/s1. The van der Waals surface area contributed by atoms with E-state index in [-0.39, 0.29) is 5.97 Å². The zero-order chi connectivity index (χ0) is 18.4. The highest BCUT2D eigenvalue weighted by Gasteiger charge is 2.29. The highest BCUT2D eigenvalue weighted by molar-refractivity contribution is 6.09. The van der Waals surface area contributed by atoms with E-state index in [9.17, 15) is 4.79 Å². The average molecular weight is 353 g/mol. The molecule has 1 aliphatic rings. The van der Waals surface area contributed by atoms with Gasteiger partial charge in [-0.05, 0) is 43.8 Å². The fourth-order valence-electron chi connectivity index (χ4n) is 4.22. The van der Waals surface area contributed by atoms with Gasteiger partial charge < -0.3 is 4.74 Å². The van der Waals surface area contributed by atoms with E-state index in [0.717, 1.165) is 16.5 Å². The molecule has 1 aliphatic heterocycles. The van der Waals surface area contributed by atoms with Gasteiger partial charge in [0, 0.05) is 6.54 Å². The molecule has 0 aliphatic carbocycles. The van der Waals surface area contributed by atoms with Crippen LogP contribution in [0.4, 0.5) is 0 Å². The van der Waals surface area contributed by atoms with Crippen LogP contribution in [0.1, 0.15) is 17.2 Å². The van der Waals surface area contributed by atoms with E-state index in [4.69, 9.17) is 4.74 Å². The summed E-state index contributed by atoms with van der Waals surface area (Å²) in [5.41, 5.74) is 4.49. The first-order chi connectivity index (χ1) is 13.3. The molecule has 1 N–H and O–H groups in total. The molecule has 132 valence electrons. The van der Waals surface area contributed by atoms with Gasteiger partial charge in [0.25, 0.3) is 0 Å². The van der Waals surface area contributed by atoms with Gasteiger partial charge in [-0.3, -0.25) is 5.32 Å². The number of carbonyl (C=O) groups is 1. The Kier molecular flexibility index (Phi) is 3.69. The summed E-state index contributed by atoms with van der Waals surface area (Å²) in [7, 11) is 1.44. The van der Waals surface area contributed by atoms with E-state index >= 15 is 0 Å². The Balaban J connectivity index is 1.95. The summed E-state index contributed by atoms with van der Waals surface area (Å²) in [4.78, 5) is 12.5. The topological polar surface area (TPSA) is 38.3 Å². The van der Waals surface area contributed by atoms with Gasteiger partial charge in [0.15, 0.2) is 0 Å². The van der Waals surface area contributed by atoms with Crippen molar-refractivity contribution >= 4 is 27.5 Å². The number of carbonyl (C=O) groups excluding carboxylic acids is 1. The average Bonchev–Trinajstić information content (AvgIpc) is 2.90. The number of esters is 1. The van der Waals surface area contributed by atoms with Crippen LogP contribution in [0, 0.1) is 0 Å². The second-order valence-electron chi connectivity index (χ2n) is 6.91. The Bertz CT molecular complexity index is 1200. The van der Waals surface area contributed by atoms with Crippen LogP contribution >= 0.6 is 0 Å². The van der Waals surface area contributed by atoms with Crippen molar-refractivity contribution in [3.8, 4) is 11.1 Å². The lowest BCUT2D eigenvalue weighted by molar-refractivity contribution is -0.143. The molecule has 4 aromatic carbocycles. The normalized spacial score (nSPS) is 15.8. The first-order valence-electron chi connectivity index (χ1n) is 9.12. The predicted molar refractivity (Wildman–Crippen MR) is 108 cm³/mol. The van der Waals surface area contributed by atoms with Crippen molar-refractivity contribution < 1.29 is 9.53 Å². The lowest BCUT2D eigenvalue weighted by atomic mass is 9.86. The van der Waals surface area contributed by atoms with Gasteiger partial charge in [0.1, 0.15) is 6.04 Å². The summed E-state index contributed by atoms with van der Waals surface area (Å²) in [6.45, 7) is 0.614. The van der Waals surface area contributed by atoms with Gasteiger partial charge >= 0.3 is 5.97 Å². The van der Waals surface area contributed by atoms with Gasteiger partial charge in [0.2, 0.25) is 0 Å². The molecule has 0 fully saturated rings. The first-order valence-corrected chi connectivity index (χ1v) is 9.12. The third-order valence-electron chi connectivity index (χ3n) is 5.47. The highest BCUT2D eigenvalue weighted by atomic mass is 16.5. The Hall–Kier alpha value is -3.17. The maximum absolute atomic E-state index is 12.5. The fraction of sp³-hybridized carbons (Fsp3) is 0.125. The van der Waals surface area contributed by atoms with Crippen molar-refractivity contribution in [2.45, 2.75) is 12.6 Å². The molecule has 0 saturated carbocycles. The molecule has 0 saturated heterocycles. The molecular formula is C24H19NO2. The second-order valence-corrected chi connectivity index (χ2v) is 6.91. The molecule has 0 aromatic heterocycles. The molecule has 1 atom stereocenters. The fourth-order valence-corrected chi connectivity index (χ4v) is 4.22. The third-order valence-corrected chi connectivity index (χ3v) is 5.47. The third kappa shape index (κ3) is 2.43. The number of hydrogen-bond acceptors (Lipinski definition) is 3. The van der Waals surface area contributed by atoms with E-state index < -0.39 is 6.04 Å². The monoisotopic (exact) mass is 353 g/mol. The molecule has 0 amide bonds. The van der Waals surface area contributed by atoms with Crippen molar-refractivity contribution in [1.82, 2.24) is 5.32 Å². The van der Waals surface area contributed by atoms with Crippen molar-refractivity contribution in [1.29, 1.82) is 0 Å². The predicted octanol–water partition coefficient (Wildman–Crippen LogP) is 4.98. The van der Waals surface area contributed by atoms with E-state index in [2.05, 4.69) is 72.0 Å². The number of ether oxygens (including phenoxy) is 1. The molecule has 0 unspecified atom stereocenters. The first kappa shape index (κ1) is 16.0. The Morgan fingerprint density at radius 1 is 0.852 bits per heavy atom. The molecule has 1 heterocycles. The Morgan fingerprint density at radius 3 is 2.19 bits per heavy atom. The maximum atomic E-state index is 12.5. The Morgan fingerprint density at radius 2 is 1.48 bits per heavy atom. The quantitative estimate of drug-likeness (QED) is 0.491. The molecule has 3 nitrogen and oxygen atoms in total. The van der Waals surface area contributed by atoms with E-state index in [1.165, 1.54) is 34.4 Å². The summed E-state index contributed by atoms with van der Waals surface area (Å²) in [5.74, 6) is -0.261. The van der Waals surface area contributed by atoms with Gasteiger partial charge in [-0.2, -0.15) is 0 Å². The molecule has 4 aromatic rings. The van der Waals surface area contributed by atoms with Gasteiger partial charge in [-0.15, -0.1) is 0 Å². The number of hydrogen-bond donors (Lipinski definition) is 1. The van der Waals surface area contributed by atoms with Crippen molar-refractivity contribution in [2.75, 3.05) is 7.11 Å². The number of benzene rings is 4. The van der Waals surface area contributed by atoms with Crippen molar-refractivity contribution in [3.63, 3.8) is 0 Å². The minimum Gasteiger partial charge on any atom is -0.468 e. The highest BCUT2D eigenvalue weighted by Crippen LogP contribution is 2.43. The van der Waals surface area contributed by atoms with Crippen LogP contribution in [-0.4, -0.2) is 13.1 Å². The number of nitrogens with one attached hydrogen (secondary N) is 1. The number of fused-ring (bicyclic) bond motifs is 7. The lowest BCUT2D eigenvalue weighted by Crippen LogP contribution is -2.28. The molecular weight excluding hydrogens is 334 g/mol. The largest absolute Gasteiger partial charge is 0.468 e. The van der Waals surface area contributed by atoms with Crippen LogP contribution < -0.4 is 5.32 Å². The van der Waals surface area contributed by atoms with E-state index in [0.29, 0.717) is 6.54 Å². The summed E-state index contributed by atoms with van der Waals surface area (Å²) < 4.78 is 5.10. The minimum absolute atomic E-state index is 0.261. The maximum Gasteiger partial charge on any atom is 0.327 e. The van der Waals surface area contributed by atoms with Crippen LogP contribution in [0.5, 0.6) is 0 Å². The molecule has 0 bridgehead atoms. The van der Waals surface area contributed by atoms with Crippen LogP contribution in [-0.2, 0) is 16.1 Å². The SMILES string of the molecule is COC(=O)[C@@H]1NCc2ccc3ccccc3c2-c2c1ccc1ccccc21. The van der Waals surface area contributed by atoms with Crippen LogP contribution in [0.3, 0.4) is 0 Å². The summed E-state index contributed by atoms with van der Waals surface area (Å²) in [6, 6.07) is 24.8. The number of rotatable bonds is 1. The zero-order valence-corrected chi connectivity index (χ0v) is 15.0. The van der Waals surface area contributed by atoms with Gasteiger partial charge in [-0.1, -0.05) is 72.8 Å². The lowest BCUT2D eigenvalue weighted by Gasteiger charge is -2.19. The van der Waals surface area contributed by atoms with Crippen LogP contribution in [0.15, 0.2) is 72.8 Å². The Labute approximate surface area is 157 Å². The molecule has 5 rings (SSSR count). The summed E-state index contributed by atoms with van der Waals surface area (Å²) in [5, 5.41) is 8.13. The smallest absolute Gasteiger partial charge is 0.327 e. The summed E-state index contributed by atoms with van der Waals surface area (Å²) in [6.07, 6.45) is 0. The molecule has 0 spiro atoms. The second kappa shape index (κ2) is 6.22. The van der Waals surface area contributed by atoms with E-state index in [1.54, 1.807) is 0 Å². The van der Waals surface area contributed by atoms with Gasteiger partial charge in [-0.25, -0.2) is 4.79 Å². The zero-order valence-electron chi connectivity index (χ0n) is 15.0. The summed E-state index contributed by atoms with van der Waals surface area (Å²) >= 11 is 0. The van der Waals surface area contributed by atoms with E-state index in [1.807, 2.05) is 6.07 Å². The minimum atomic E-state index is -0.485. The molecule has 27 heavy (non-hydrogen) atoms. The van der Waals surface area contributed by atoms with Crippen molar-refractivity contribution in [3.05, 3.63) is 83.9 Å².